The van der Waals surface area contributed by atoms with Crippen molar-refractivity contribution in [2.24, 2.45) is 5.92 Å². The van der Waals surface area contributed by atoms with Crippen LogP contribution < -0.4 is 0 Å². The molecule has 0 amide bonds. The van der Waals surface area contributed by atoms with Gasteiger partial charge >= 0.3 is 0 Å². The minimum atomic E-state index is -0.0527. The summed E-state index contributed by atoms with van der Waals surface area (Å²) in [6.07, 6.45) is 1.12. The molecule has 2 atom stereocenters. The van der Waals surface area contributed by atoms with Crippen molar-refractivity contribution >= 4 is 21.7 Å². The van der Waals surface area contributed by atoms with Crippen molar-refractivity contribution in [1.82, 2.24) is 4.90 Å². The van der Waals surface area contributed by atoms with E-state index in [0.717, 1.165) is 36.2 Å². The average Bonchev–Trinajstić information content (AvgIpc) is 2.87. The molecule has 0 aliphatic carbocycles. The lowest BCUT2D eigenvalue weighted by atomic mass is 10.0. The van der Waals surface area contributed by atoms with Gasteiger partial charge in [-0.1, -0.05) is 28.1 Å². The summed E-state index contributed by atoms with van der Waals surface area (Å²) in [5, 5.41) is 0. The topological polar surface area (TPSA) is 29.5 Å². The van der Waals surface area contributed by atoms with Crippen LogP contribution in [0.3, 0.4) is 0 Å². The number of rotatable bonds is 5. The Balaban J connectivity index is 1.98. The Morgan fingerprint density at radius 3 is 2.79 bits per heavy atom. The molecule has 1 aromatic carbocycles. The maximum Gasteiger partial charge on any atom is 0.179 e. The van der Waals surface area contributed by atoms with E-state index in [2.05, 4.69) is 20.8 Å². The smallest absolute Gasteiger partial charge is 0.179 e. The largest absolute Gasteiger partial charge is 0.384 e. The lowest BCUT2D eigenvalue weighted by molar-refractivity contribution is 0.0852. The van der Waals surface area contributed by atoms with Crippen LogP contribution in [-0.2, 0) is 4.74 Å². The minimum Gasteiger partial charge on any atom is -0.384 e. The lowest BCUT2D eigenvalue weighted by Gasteiger charge is -2.23. The first-order valence-electron chi connectivity index (χ1n) is 6.64. The van der Waals surface area contributed by atoms with E-state index < -0.39 is 0 Å². The molecule has 2 rings (SSSR count). The second-order valence-electron chi connectivity index (χ2n) is 5.15. The van der Waals surface area contributed by atoms with Gasteiger partial charge in [-0.15, -0.1) is 0 Å². The molecule has 3 nitrogen and oxygen atoms in total. The van der Waals surface area contributed by atoms with Gasteiger partial charge in [-0.05, 0) is 37.9 Å². The Morgan fingerprint density at radius 2 is 2.16 bits per heavy atom. The highest BCUT2D eigenvalue weighted by Gasteiger charge is 2.29. The van der Waals surface area contributed by atoms with Crippen molar-refractivity contribution in [3.05, 3.63) is 34.3 Å². The Morgan fingerprint density at radius 1 is 1.47 bits per heavy atom. The van der Waals surface area contributed by atoms with Gasteiger partial charge in [0.2, 0.25) is 0 Å². The van der Waals surface area contributed by atoms with Gasteiger partial charge in [-0.3, -0.25) is 9.69 Å². The number of benzene rings is 1. The van der Waals surface area contributed by atoms with Crippen LogP contribution in [0.5, 0.6) is 0 Å². The highest BCUT2D eigenvalue weighted by atomic mass is 79.9. The molecule has 4 heteroatoms. The number of nitrogens with zero attached hydrogens (tertiary/aromatic N) is 1. The van der Waals surface area contributed by atoms with Crippen molar-refractivity contribution in [2.45, 2.75) is 19.4 Å². The normalized spacial score (nSPS) is 21.5. The summed E-state index contributed by atoms with van der Waals surface area (Å²) in [7, 11) is 1.74. The number of likely N-dealkylation sites (tertiary alicyclic amines) is 1. The number of carbonyl (C=O) groups excluding carboxylic acids is 1. The zero-order valence-corrected chi connectivity index (χ0v) is 13.0. The summed E-state index contributed by atoms with van der Waals surface area (Å²) in [5.74, 6) is 0.760. The first-order valence-corrected chi connectivity index (χ1v) is 7.44. The number of halogens is 1. The zero-order valence-electron chi connectivity index (χ0n) is 11.4. The van der Waals surface area contributed by atoms with Crippen molar-refractivity contribution in [1.29, 1.82) is 0 Å². The summed E-state index contributed by atoms with van der Waals surface area (Å²) >= 11 is 3.39. The van der Waals surface area contributed by atoms with Crippen LogP contribution in [0.1, 0.15) is 23.7 Å². The van der Waals surface area contributed by atoms with Gasteiger partial charge in [0.25, 0.3) is 0 Å². The third-order valence-electron chi connectivity index (χ3n) is 3.78. The molecule has 2 unspecified atom stereocenters. The predicted octanol–water partition coefficient (Wildman–Crippen LogP) is 2.99. The fourth-order valence-electron chi connectivity index (χ4n) is 2.61. The number of methoxy groups -OCH3 is 1. The van der Waals surface area contributed by atoms with Gasteiger partial charge in [-0.2, -0.15) is 0 Å². The van der Waals surface area contributed by atoms with Crippen LogP contribution in [0.4, 0.5) is 0 Å². The standard InChI is InChI=1S/C15H20BrNO2/c1-11(17-8-7-12(9-17)10-19-2)15(18)13-3-5-14(16)6-4-13/h3-6,11-12H,7-10H2,1-2H3. The first-order chi connectivity index (χ1) is 9.11. The number of ether oxygens (including phenoxy) is 1. The molecule has 19 heavy (non-hydrogen) atoms. The Hall–Kier alpha value is -0.710. The highest BCUT2D eigenvalue weighted by molar-refractivity contribution is 9.10. The molecule has 1 saturated heterocycles. The molecular formula is C15H20BrNO2. The van der Waals surface area contributed by atoms with Gasteiger partial charge in [0.1, 0.15) is 0 Å². The molecule has 1 aliphatic heterocycles. The molecular weight excluding hydrogens is 306 g/mol. The SMILES string of the molecule is COCC1CCN(C(C)C(=O)c2ccc(Br)cc2)C1. The minimum absolute atomic E-state index is 0.0527. The molecule has 0 spiro atoms. The second-order valence-corrected chi connectivity index (χ2v) is 6.07. The molecule has 1 fully saturated rings. The van der Waals surface area contributed by atoms with E-state index in [0.29, 0.717) is 5.92 Å². The van der Waals surface area contributed by atoms with E-state index in [1.54, 1.807) is 7.11 Å². The van der Waals surface area contributed by atoms with Gasteiger partial charge in [-0.25, -0.2) is 0 Å². The van der Waals surface area contributed by atoms with E-state index in [4.69, 9.17) is 4.74 Å². The Labute approximate surface area is 123 Å². The zero-order chi connectivity index (χ0) is 13.8. The summed E-state index contributed by atoms with van der Waals surface area (Å²) in [5.41, 5.74) is 0.783. The van der Waals surface area contributed by atoms with E-state index in [1.165, 1.54) is 0 Å². The van der Waals surface area contributed by atoms with E-state index in [-0.39, 0.29) is 11.8 Å². The van der Waals surface area contributed by atoms with Crippen molar-refractivity contribution < 1.29 is 9.53 Å². The van der Waals surface area contributed by atoms with Crippen LogP contribution in [0.25, 0.3) is 0 Å². The number of hydrogen-bond acceptors (Lipinski definition) is 3. The van der Waals surface area contributed by atoms with Crippen molar-refractivity contribution in [3.8, 4) is 0 Å². The average molecular weight is 326 g/mol. The maximum absolute atomic E-state index is 12.4. The van der Waals surface area contributed by atoms with Crippen LogP contribution in [0.15, 0.2) is 28.7 Å². The quantitative estimate of drug-likeness (QED) is 0.779. The lowest BCUT2D eigenvalue weighted by Crippen LogP contribution is -2.37. The Kier molecular flexibility index (Phi) is 5.13. The fourth-order valence-corrected chi connectivity index (χ4v) is 2.87. The monoisotopic (exact) mass is 325 g/mol. The van der Waals surface area contributed by atoms with E-state index in [9.17, 15) is 4.79 Å². The third-order valence-corrected chi connectivity index (χ3v) is 4.30. The van der Waals surface area contributed by atoms with Crippen LogP contribution in [-0.4, -0.2) is 43.5 Å². The molecule has 0 radical (unpaired) electrons. The van der Waals surface area contributed by atoms with Crippen LogP contribution >= 0.6 is 15.9 Å². The summed E-state index contributed by atoms with van der Waals surface area (Å²) in [6.45, 7) is 4.73. The molecule has 0 bridgehead atoms. The highest BCUT2D eigenvalue weighted by Crippen LogP contribution is 2.21. The number of hydrogen-bond donors (Lipinski definition) is 0. The van der Waals surface area contributed by atoms with Gasteiger partial charge < -0.3 is 4.74 Å². The van der Waals surface area contributed by atoms with Crippen LogP contribution in [0.2, 0.25) is 0 Å². The molecule has 0 N–H and O–H groups in total. The number of Topliss-reactive ketones (excluding diaryl/α,β-unsaturated/α-hetero) is 1. The Bertz CT molecular complexity index is 432. The maximum atomic E-state index is 12.4. The van der Waals surface area contributed by atoms with E-state index in [1.807, 2.05) is 31.2 Å². The fraction of sp³-hybridized carbons (Fsp3) is 0.533. The van der Waals surface area contributed by atoms with Crippen molar-refractivity contribution in [3.63, 3.8) is 0 Å². The molecule has 0 saturated carbocycles. The third kappa shape index (κ3) is 3.65. The van der Waals surface area contributed by atoms with Crippen molar-refractivity contribution in [2.75, 3.05) is 26.8 Å². The molecule has 104 valence electrons. The molecule has 1 aliphatic rings. The molecule has 1 aromatic rings. The van der Waals surface area contributed by atoms with Crippen LogP contribution in [0, 0.1) is 5.92 Å². The predicted molar refractivity (Wildman–Crippen MR) is 79.5 cm³/mol. The summed E-state index contributed by atoms with van der Waals surface area (Å²) < 4.78 is 6.19. The van der Waals surface area contributed by atoms with E-state index >= 15 is 0 Å². The number of carbonyl (C=O) groups is 1. The van der Waals surface area contributed by atoms with Gasteiger partial charge in [0.15, 0.2) is 5.78 Å². The van der Waals surface area contributed by atoms with Gasteiger partial charge in [0.05, 0.1) is 12.6 Å². The first kappa shape index (κ1) is 14.7. The molecule has 0 aromatic heterocycles. The summed E-state index contributed by atoms with van der Waals surface area (Å²) in [4.78, 5) is 14.7. The molecule has 1 heterocycles. The second kappa shape index (κ2) is 6.64. The van der Waals surface area contributed by atoms with Gasteiger partial charge in [0, 0.05) is 23.7 Å². The summed E-state index contributed by atoms with van der Waals surface area (Å²) in [6, 6.07) is 7.54. The number of ketones is 1.